The van der Waals surface area contributed by atoms with Crippen molar-refractivity contribution in [1.82, 2.24) is 0 Å². The molecule has 0 radical (unpaired) electrons. The van der Waals surface area contributed by atoms with Crippen molar-refractivity contribution in [3.8, 4) is 5.75 Å². The maximum Gasteiger partial charge on any atom is 0.347 e. The Morgan fingerprint density at radius 2 is 2.41 bits per heavy atom. The van der Waals surface area contributed by atoms with E-state index < -0.39 is 6.10 Å². The molecule has 0 aromatic heterocycles. The Labute approximate surface area is 105 Å². The van der Waals surface area contributed by atoms with Crippen LogP contribution in [0.4, 0.5) is 0 Å². The second kappa shape index (κ2) is 5.23. The number of hydrogen-bond acceptors (Lipinski definition) is 3. The van der Waals surface area contributed by atoms with Gasteiger partial charge in [-0.25, -0.2) is 4.79 Å². The maximum absolute atomic E-state index is 11.6. The number of rotatable bonds is 2. The molecule has 1 atom stereocenters. The highest BCUT2D eigenvalue weighted by atomic mass is 35.5. The molecule has 0 spiro atoms. The Morgan fingerprint density at radius 1 is 1.59 bits per heavy atom. The number of carbonyl (C=O) groups is 1. The smallest absolute Gasteiger partial charge is 0.347 e. The van der Waals surface area contributed by atoms with E-state index in [9.17, 15) is 4.79 Å². The lowest BCUT2D eigenvalue weighted by molar-refractivity contribution is -0.151. The minimum absolute atomic E-state index is 0.333. The van der Waals surface area contributed by atoms with Crippen molar-refractivity contribution in [1.29, 1.82) is 0 Å². The molecule has 1 aliphatic rings. The number of halogens is 1. The first kappa shape index (κ1) is 12.0. The van der Waals surface area contributed by atoms with E-state index in [4.69, 9.17) is 21.1 Å². The Bertz CT molecular complexity index is 454. The highest BCUT2D eigenvalue weighted by Crippen LogP contribution is 2.28. The van der Waals surface area contributed by atoms with Crippen LogP contribution in [-0.2, 0) is 9.53 Å². The van der Waals surface area contributed by atoms with Gasteiger partial charge in [0.1, 0.15) is 5.75 Å². The molecule has 90 valence electrons. The molecule has 1 aliphatic heterocycles. The summed E-state index contributed by atoms with van der Waals surface area (Å²) in [7, 11) is 0. The lowest BCUT2D eigenvalue weighted by atomic mass is 10.2. The third-order valence-electron chi connectivity index (χ3n) is 2.44. The molecular weight excluding hydrogens is 240 g/mol. The van der Waals surface area contributed by atoms with E-state index >= 15 is 0 Å². The van der Waals surface area contributed by atoms with E-state index in [0.29, 0.717) is 23.8 Å². The zero-order valence-electron chi connectivity index (χ0n) is 9.48. The second-order valence-corrected chi connectivity index (χ2v) is 4.12. The summed E-state index contributed by atoms with van der Waals surface area (Å²) in [5.41, 5.74) is 0.879. The summed E-state index contributed by atoms with van der Waals surface area (Å²) in [6.45, 7) is 2.13. The average Bonchev–Trinajstić information content (AvgIpc) is 2.51. The molecule has 3 nitrogen and oxygen atoms in total. The third-order valence-corrected chi connectivity index (χ3v) is 2.67. The molecule has 2 rings (SSSR count). The fourth-order valence-corrected chi connectivity index (χ4v) is 1.84. The molecule has 0 N–H and O–H groups in total. The van der Waals surface area contributed by atoms with E-state index in [-0.39, 0.29) is 5.97 Å². The number of benzene rings is 1. The van der Waals surface area contributed by atoms with Crippen LogP contribution in [0.25, 0.3) is 6.08 Å². The van der Waals surface area contributed by atoms with Crippen LogP contribution in [0.5, 0.6) is 5.75 Å². The van der Waals surface area contributed by atoms with Crippen molar-refractivity contribution >= 4 is 23.6 Å². The van der Waals surface area contributed by atoms with Crippen LogP contribution in [0, 0.1) is 0 Å². The fraction of sp³-hybridized carbons (Fsp3) is 0.308. The van der Waals surface area contributed by atoms with E-state index in [2.05, 4.69) is 0 Å². The Balaban J connectivity index is 2.22. The van der Waals surface area contributed by atoms with Gasteiger partial charge in [-0.15, -0.1) is 0 Å². The van der Waals surface area contributed by atoms with Crippen LogP contribution in [-0.4, -0.2) is 18.7 Å². The zero-order valence-corrected chi connectivity index (χ0v) is 10.2. The summed E-state index contributed by atoms with van der Waals surface area (Å²) in [5.74, 6) is 0.321. The van der Waals surface area contributed by atoms with Crippen molar-refractivity contribution < 1.29 is 14.3 Å². The van der Waals surface area contributed by atoms with Crippen molar-refractivity contribution in [2.75, 3.05) is 6.61 Å². The number of hydrogen-bond donors (Lipinski definition) is 0. The highest BCUT2D eigenvalue weighted by molar-refractivity contribution is 6.30. The maximum atomic E-state index is 11.6. The summed E-state index contributed by atoms with van der Waals surface area (Å²) in [6, 6.07) is 5.31. The Hall–Kier alpha value is -1.48. The summed E-state index contributed by atoms with van der Waals surface area (Å²) < 4.78 is 10.6. The van der Waals surface area contributed by atoms with Crippen LogP contribution >= 0.6 is 11.6 Å². The molecule has 17 heavy (non-hydrogen) atoms. The molecular formula is C13H13ClO3. The van der Waals surface area contributed by atoms with Gasteiger partial charge in [-0.05, 0) is 25.1 Å². The largest absolute Gasteiger partial charge is 0.478 e. The third kappa shape index (κ3) is 2.80. The molecule has 0 saturated heterocycles. The number of ether oxygens (including phenoxy) is 2. The topological polar surface area (TPSA) is 35.5 Å². The van der Waals surface area contributed by atoms with Gasteiger partial charge in [0, 0.05) is 17.0 Å². The van der Waals surface area contributed by atoms with Gasteiger partial charge < -0.3 is 9.47 Å². The fourth-order valence-electron chi connectivity index (χ4n) is 1.66. The first-order valence-electron chi connectivity index (χ1n) is 5.50. The van der Waals surface area contributed by atoms with Crippen molar-refractivity contribution in [3.63, 3.8) is 0 Å². The molecule has 0 amide bonds. The van der Waals surface area contributed by atoms with E-state index in [1.54, 1.807) is 25.1 Å². The van der Waals surface area contributed by atoms with Gasteiger partial charge in [0.25, 0.3) is 0 Å². The summed E-state index contributed by atoms with van der Waals surface area (Å²) in [4.78, 5) is 11.6. The Kier molecular flexibility index (Phi) is 3.69. The summed E-state index contributed by atoms with van der Waals surface area (Å²) >= 11 is 5.90. The molecule has 0 bridgehead atoms. The van der Waals surface area contributed by atoms with Crippen molar-refractivity contribution in [3.05, 3.63) is 34.9 Å². The van der Waals surface area contributed by atoms with Gasteiger partial charge in [0.15, 0.2) is 6.10 Å². The predicted octanol–water partition coefficient (Wildman–Crippen LogP) is 3.07. The monoisotopic (exact) mass is 252 g/mol. The van der Waals surface area contributed by atoms with E-state index in [1.165, 1.54) is 0 Å². The first-order valence-corrected chi connectivity index (χ1v) is 5.88. The number of fused-ring (bicyclic) bond motifs is 1. The van der Waals surface area contributed by atoms with E-state index in [1.807, 2.05) is 12.2 Å². The number of carbonyl (C=O) groups excluding carboxylic acids is 1. The van der Waals surface area contributed by atoms with Crippen LogP contribution in [0.3, 0.4) is 0 Å². The molecule has 4 heteroatoms. The summed E-state index contributed by atoms with van der Waals surface area (Å²) in [6.07, 6.45) is 3.73. The quantitative estimate of drug-likeness (QED) is 0.759. The van der Waals surface area contributed by atoms with Crippen molar-refractivity contribution in [2.45, 2.75) is 19.4 Å². The lowest BCUT2D eigenvalue weighted by Gasteiger charge is -2.15. The lowest BCUT2D eigenvalue weighted by Crippen LogP contribution is -2.28. The van der Waals surface area contributed by atoms with Gasteiger partial charge >= 0.3 is 5.97 Å². The predicted molar refractivity (Wildman–Crippen MR) is 66.2 cm³/mol. The Morgan fingerprint density at radius 3 is 3.18 bits per heavy atom. The molecule has 0 aliphatic carbocycles. The first-order chi connectivity index (χ1) is 8.20. The minimum atomic E-state index is -0.575. The van der Waals surface area contributed by atoms with Gasteiger partial charge in [-0.1, -0.05) is 23.8 Å². The van der Waals surface area contributed by atoms with Gasteiger partial charge in [-0.3, -0.25) is 0 Å². The molecule has 0 saturated carbocycles. The number of esters is 1. The van der Waals surface area contributed by atoms with Crippen LogP contribution in [0.2, 0.25) is 5.02 Å². The minimum Gasteiger partial charge on any atom is -0.478 e. The average molecular weight is 253 g/mol. The normalized spacial score (nSPS) is 17.9. The van der Waals surface area contributed by atoms with Crippen LogP contribution in [0.1, 0.15) is 18.9 Å². The molecule has 1 aromatic rings. The van der Waals surface area contributed by atoms with Crippen LogP contribution < -0.4 is 4.74 Å². The second-order valence-electron chi connectivity index (χ2n) is 3.68. The van der Waals surface area contributed by atoms with E-state index in [0.717, 1.165) is 5.56 Å². The standard InChI is InChI=1S/C13H13ClO3/c1-2-16-13(15)12-5-3-4-9-8-10(14)6-7-11(9)17-12/h3-4,6-8,12H,2,5H2,1H3/t12-/m1/s1. The van der Waals surface area contributed by atoms with Crippen molar-refractivity contribution in [2.24, 2.45) is 0 Å². The zero-order chi connectivity index (χ0) is 12.3. The van der Waals surface area contributed by atoms with Gasteiger partial charge in [-0.2, -0.15) is 0 Å². The van der Waals surface area contributed by atoms with Gasteiger partial charge in [0.2, 0.25) is 0 Å². The molecule has 0 fully saturated rings. The highest BCUT2D eigenvalue weighted by Gasteiger charge is 2.23. The SMILES string of the molecule is CCOC(=O)[C@H]1CC=Cc2cc(Cl)ccc2O1. The molecule has 0 unspecified atom stereocenters. The molecule has 1 aromatic carbocycles. The summed E-state index contributed by atoms with van der Waals surface area (Å²) in [5, 5.41) is 0.645. The van der Waals surface area contributed by atoms with Gasteiger partial charge in [0.05, 0.1) is 6.61 Å². The molecule has 1 heterocycles. The van der Waals surface area contributed by atoms with Crippen LogP contribution in [0.15, 0.2) is 24.3 Å².